The average molecular weight is 252 g/mol. The zero-order valence-corrected chi connectivity index (χ0v) is 12.3. The lowest BCUT2D eigenvalue weighted by Crippen LogP contribution is -2.61. The van der Waals surface area contributed by atoms with Gasteiger partial charge in [0.05, 0.1) is 5.54 Å². The monoisotopic (exact) mass is 252 g/mol. The molecule has 18 heavy (non-hydrogen) atoms. The quantitative estimate of drug-likeness (QED) is 0.785. The minimum atomic E-state index is -0.673. The molecule has 0 spiro atoms. The molecule has 1 saturated carbocycles. The maximum atomic E-state index is 12.8. The number of hydrogen-bond acceptors (Lipinski definition) is 2. The van der Waals surface area contributed by atoms with Gasteiger partial charge in [0.2, 0.25) is 5.91 Å². The highest BCUT2D eigenvalue weighted by molar-refractivity contribution is 5.87. The first-order valence-electron chi connectivity index (χ1n) is 6.92. The summed E-state index contributed by atoms with van der Waals surface area (Å²) < 4.78 is 0. The highest BCUT2D eigenvalue weighted by atomic mass is 16.2. The summed E-state index contributed by atoms with van der Waals surface area (Å²) in [6, 6.07) is 0. The molecule has 1 fully saturated rings. The smallest absolute Gasteiger partial charge is 0.243 e. The molecule has 0 bridgehead atoms. The third kappa shape index (κ3) is 3.35. The molecule has 1 aliphatic rings. The summed E-state index contributed by atoms with van der Waals surface area (Å²) in [5.74, 6) is 0.625. The number of nitrogens with zero attached hydrogens (tertiary/aromatic N) is 1. The van der Waals surface area contributed by atoms with Crippen molar-refractivity contribution in [3.8, 4) is 0 Å². The lowest BCUT2D eigenvalue weighted by atomic mass is 9.75. The van der Waals surface area contributed by atoms with Gasteiger partial charge in [0.15, 0.2) is 0 Å². The van der Waals surface area contributed by atoms with E-state index in [9.17, 15) is 4.79 Å². The molecule has 0 aromatic rings. The molecule has 0 heterocycles. The lowest BCUT2D eigenvalue weighted by Gasteiger charge is -2.44. The Morgan fingerprint density at radius 1 is 1.56 bits per heavy atom. The minimum Gasteiger partial charge on any atom is -0.333 e. The van der Waals surface area contributed by atoms with Crippen molar-refractivity contribution >= 4 is 5.91 Å². The van der Waals surface area contributed by atoms with Crippen LogP contribution in [0.25, 0.3) is 0 Å². The van der Waals surface area contributed by atoms with Crippen molar-refractivity contribution in [1.29, 1.82) is 0 Å². The summed E-state index contributed by atoms with van der Waals surface area (Å²) in [6.45, 7) is 12.6. The van der Waals surface area contributed by atoms with Gasteiger partial charge in [-0.25, -0.2) is 0 Å². The Hall–Kier alpha value is -0.830. The molecule has 1 rings (SSSR count). The van der Waals surface area contributed by atoms with Crippen LogP contribution in [0.5, 0.6) is 0 Å². The summed E-state index contributed by atoms with van der Waals surface area (Å²) in [5.41, 5.74) is 5.51. The molecule has 2 unspecified atom stereocenters. The number of amides is 1. The Morgan fingerprint density at radius 3 is 2.61 bits per heavy atom. The van der Waals surface area contributed by atoms with E-state index in [-0.39, 0.29) is 11.4 Å². The predicted molar refractivity (Wildman–Crippen MR) is 76.2 cm³/mol. The van der Waals surface area contributed by atoms with Gasteiger partial charge in [-0.15, -0.1) is 6.58 Å². The van der Waals surface area contributed by atoms with Crippen LogP contribution in [0.4, 0.5) is 0 Å². The molecule has 1 aliphatic carbocycles. The van der Waals surface area contributed by atoms with Crippen molar-refractivity contribution in [2.75, 3.05) is 6.54 Å². The van der Waals surface area contributed by atoms with Gasteiger partial charge in [0.25, 0.3) is 0 Å². The van der Waals surface area contributed by atoms with Crippen LogP contribution in [-0.4, -0.2) is 28.4 Å². The van der Waals surface area contributed by atoms with Crippen LogP contribution in [0, 0.1) is 5.92 Å². The zero-order chi connectivity index (χ0) is 14.0. The van der Waals surface area contributed by atoms with E-state index in [4.69, 9.17) is 5.73 Å². The van der Waals surface area contributed by atoms with Gasteiger partial charge in [0, 0.05) is 12.1 Å². The van der Waals surface area contributed by atoms with E-state index in [1.807, 2.05) is 25.7 Å². The summed E-state index contributed by atoms with van der Waals surface area (Å²) >= 11 is 0. The van der Waals surface area contributed by atoms with E-state index in [0.717, 1.165) is 19.3 Å². The molecule has 0 aliphatic heterocycles. The van der Waals surface area contributed by atoms with Crippen LogP contribution in [0.1, 0.15) is 53.4 Å². The highest BCUT2D eigenvalue weighted by Gasteiger charge is 2.42. The second-order valence-corrected chi connectivity index (χ2v) is 6.73. The normalized spacial score (nSPS) is 28.8. The Kier molecular flexibility index (Phi) is 4.60. The van der Waals surface area contributed by atoms with E-state index < -0.39 is 5.54 Å². The van der Waals surface area contributed by atoms with Crippen molar-refractivity contribution in [3.05, 3.63) is 12.7 Å². The molecule has 3 heteroatoms. The number of rotatable bonds is 3. The Balaban J connectivity index is 2.91. The van der Waals surface area contributed by atoms with Crippen LogP contribution in [0.3, 0.4) is 0 Å². The topological polar surface area (TPSA) is 46.3 Å². The molecule has 0 aromatic heterocycles. The van der Waals surface area contributed by atoms with Crippen molar-refractivity contribution in [2.24, 2.45) is 11.7 Å². The molecule has 0 saturated heterocycles. The van der Waals surface area contributed by atoms with E-state index in [2.05, 4.69) is 13.5 Å². The molecule has 2 N–H and O–H groups in total. The maximum Gasteiger partial charge on any atom is 0.243 e. The number of carbonyl (C=O) groups excluding carboxylic acids is 1. The maximum absolute atomic E-state index is 12.8. The standard InChI is InChI=1S/C15H28N2O/c1-6-10-17(14(3,4)5)13(18)15(16)9-7-8-12(2)11-15/h6,12H,1,7-11,16H2,2-5H3. The Morgan fingerprint density at radius 2 is 2.17 bits per heavy atom. The van der Waals surface area contributed by atoms with Gasteiger partial charge < -0.3 is 10.6 Å². The zero-order valence-electron chi connectivity index (χ0n) is 12.3. The summed E-state index contributed by atoms with van der Waals surface area (Å²) in [6.07, 6.45) is 5.62. The van der Waals surface area contributed by atoms with Gasteiger partial charge in [0.1, 0.15) is 0 Å². The largest absolute Gasteiger partial charge is 0.333 e. The van der Waals surface area contributed by atoms with E-state index in [1.165, 1.54) is 6.42 Å². The van der Waals surface area contributed by atoms with Gasteiger partial charge in [-0.05, 0) is 39.5 Å². The van der Waals surface area contributed by atoms with Crippen molar-refractivity contribution in [2.45, 2.75) is 64.5 Å². The first-order chi connectivity index (χ1) is 8.20. The van der Waals surface area contributed by atoms with Crippen LogP contribution in [-0.2, 0) is 4.79 Å². The molecule has 104 valence electrons. The van der Waals surface area contributed by atoms with Gasteiger partial charge >= 0.3 is 0 Å². The lowest BCUT2D eigenvalue weighted by molar-refractivity contribution is -0.143. The van der Waals surface area contributed by atoms with E-state index in [1.54, 1.807) is 6.08 Å². The molecule has 2 atom stereocenters. The van der Waals surface area contributed by atoms with Crippen molar-refractivity contribution < 1.29 is 4.79 Å². The number of carbonyl (C=O) groups is 1. The second-order valence-electron chi connectivity index (χ2n) is 6.73. The Bertz CT molecular complexity index is 319. The third-order valence-corrected chi connectivity index (χ3v) is 3.83. The van der Waals surface area contributed by atoms with Crippen molar-refractivity contribution in [3.63, 3.8) is 0 Å². The van der Waals surface area contributed by atoms with Gasteiger partial charge in [-0.3, -0.25) is 4.79 Å². The first kappa shape index (κ1) is 15.2. The first-order valence-corrected chi connectivity index (χ1v) is 6.92. The molecule has 1 amide bonds. The average Bonchev–Trinajstić information content (AvgIpc) is 2.23. The van der Waals surface area contributed by atoms with Crippen LogP contribution < -0.4 is 5.73 Å². The fraction of sp³-hybridized carbons (Fsp3) is 0.800. The SMILES string of the molecule is C=CCN(C(=O)C1(N)CCCC(C)C1)C(C)(C)C. The van der Waals surface area contributed by atoms with Crippen LogP contribution >= 0.6 is 0 Å². The third-order valence-electron chi connectivity index (χ3n) is 3.83. The minimum absolute atomic E-state index is 0.0847. The van der Waals surface area contributed by atoms with Crippen molar-refractivity contribution in [1.82, 2.24) is 4.90 Å². The summed E-state index contributed by atoms with van der Waals surface area (Å²) in [7, 11) is 0. The molecular formula is C15H28N2O. The molecule has 3 nitrogen and oxygen atoms in total. The fourth-order valence-corrected chi connectivity index (χ4v) is 2.85. The van der Waals surface area contributed by atoms with E-state index in [0.29, 0.717) is 12.5 Å². The number of nitrogens with two attached hydrogens (primary N) is 1. The molecule has 0 aromatic carbocycles. The summed E-state index contributed by atoms with van der Waals surface area (Å²) in [4.78, 5) is 14.6. The summed E-state index contributed by atoms with van der Waals surface area (Å²) in [5, 5.41) is 0. The molecule has 0 radical (unpaired) electrons. The Labute approximate surface area is 111 Å². The van der Waals surface area contributed by atoms with Crippen LogP contribution in [0.15, 0.2) is 12.7 Å². The highest BCUT2D eigenvalue weighted by Crippen LogP contribution is 2.33. The van der Waals surface area contributed by atoms with Gasteiger partial charge in [-0.1, -0.05) is 25.8 Å². The fourth-order valence-electron chi connectivity index (χ4n) is 2.85. The molecular weight excluding hydrogens is 224 g/mol. The predicted octanol–water partition coefficient (Wildman–Crippen LogP) is 2.71. The van der Waals surface area contributed by atoms with Crippen LogP contribution in [0.2, 0.25) is 0 Å². The van der Waals surface area contributed by atoms with E-state index >= 15 is 0 Å². The second kappa shape index (κ2) is 5.43. The van der Waals surface area contributed by atoms with Gasteiger partial charge in [-0.2, -0.15) is 0 Å². The number of hydrogen-bond donors (Lipinski definition) is 1.